The molecule has 4 rings (SSSR count). The summed E-state index contributed by atoms with van der Waals surface area (Å²) in [5, 5.41) is 0.941. The first-order valence-electron chi connectivity index (χ1n) is 9.23. The minimum atomic E-state index is -3.70. The lowest BCUT2D eigenvalue weighted by atomic mass is 10.3. The number of hydrogen-bond acceptors (Lipinski definition) is 4. The molecule has 4 nitrogen and oxygen atoms in total. The molecule has 0 aliphatic rings. The molecule has 0 aliphatic carbocycles. The van der Waals surface area contributed by atoms with E-state index in [2.05, 4.69) is 0 Å². The van der Waals surface area contributed by atoms with E-state index in [1.165, 1.54) is 24.3 Å². The Morgan fingerprint density at radius 3 is 1.23 bits per heavy atom. The maximum atomic E-state index is 13.0. The normalized spacial score (nSPS) is 11.2. The second-order valence-corrected chi connectivity index (χ2v) is 9.28. The number of halogens is 2. The first-order chi connectivity index (χ1) is 14.9. The van der Waals surface area contributed by atoms with Gasteiger partial charge in [-0.15, -0.1) is 0 Å². The summed E-state index contributed by atoms with van der Waals surface area (Å²) in [5.41, 5.74) is 0. The van der Waals surface area contributed by atoms with Crippen LogP contribution in [0.4, 0.5) is 0 Å². The predicted octanol–water partition coefficient (Wildman–Crippen LogP) is 7.41. The van der Waals surface area contributed by atoms with Gasteiger partial charge < -0.3 is 9.47 Å². The second-order valence-electron chi connectivity index (χ2n) is 6.51. The van der Waals surface area contributed by atoms with Gasteiger partial charge in [0.05, 0.1) is 19.8 Å². The van der Waals surface area contributed by atoms with Crippen LogP contribution in [0, 0.1) is 0 Å². The summed E-state index contributed by atoms with van der Waals surface area (Å²) in [6.45, 7) is 0. The minimum Gasteiger partial charge on any atom is -0.456 e. The molecular formula is C24H16Cl2O4S. The molecular weight excluding hydrogens is 455 g/mol. The standard InChI is InChI=1S/C24H16Cl2O4S/c25-21-5-1-3-7-23(21)29-17-9-13-19(14-10-17)31(27,28)20-15-11-18(12-16-20)30-24-8-4-2-6-22(24)26/h1-16H. The highest BCUT2D eigenvalue weighted by Crippen LogP contribution is 2.32. The molecule has 0 heterocycles. The third kappa shape index (κ3) is 4.85. The summed E-state index contributed by atoms with van der Waals surface area (Å²) in [5.74, 6) is 1.95. The maximum absolute atomic E-state index is 13.0. The van der Waals surface area contributed by atoms with Gasteiger partial charge in [0.15, 0.2) is 0 Å². The van der Waals surface area contributed by atoms with E-state index in [-0.39, 0.29) is 9.79 Å². The average molecular weight is 471 g/mol. The molecule has 0 amide bonds. The second kappa shape index (κ2) is 9.02. The van der Waals surface area contributed by atoms with E-state index in [0.717, 1.165) is 0 Å². The fourth-order valence-corrected chi connectivity index (χ4v) is 4.43. The molecule has 0 aliphatic heterocycles. The molecule has 0 aromatic heterocycles. The van der Waals surface area contributed by atoms with E-state index in [0.29, 0.717) is 33.0 Å². The molecule has 0 bridgehead atoms. The van der Waals surface area contributed by atoms with Crippen molar-refractivity contribution >= 4 is 33.0 Å². The number of ether oxygens (including phenoxy) is 2. The van der Waals surface area contributed by atoms with Gasteiger partial charge in [0.25, 0.3) is 0 Å². The quantitative estimate of drug-likeness (QED) is 0.294. The van der Waals surface area contributed by atoms with Gasteiger partial charge in [-0.25, -0.2) is 8.42 Å². The van der Waals surface area contributed by atoms with Crippen LogP contribution in [0.3, 0.4) is 0 Å². The highest BCUT2D eigenvalue weighted by atomic mass is 35.5. The first kappa shape index (κ1) is 21.2. The number of sulfone groups is 1. The van der Waals surface area contributed by atoms with E-state index < -0.39 is 9.84 Å². The van der Waals surface area contributed by atoms with Gasteiger partial charge in [-0.05, 0) is 72.8 Å². The zero-order valence-corrected chi connectivity index (χ0v) is 18.4. The lowest BCUT2D eigenvalue weighted by Crippen LogP contribution is -2.01. The van der Waals surface area contributed by atoms with Gasteiger partial charge >= 0.3 is 0 Å². The maximum Gasteiger partial charge on any atom is 0.206 e. The molecule has 0 spiro atoms. The van der Waals surface area contributed by atoms with Gasteiger partial charge in [-0.1, -0.05) is 47.5 Å². The molecule has 156 valence electrons. The van der Waals surface area contributed by atoms with E-state index in [9.17, 15) is 8.42 Å². The molecule has 0 N–H and O–H groups in total. The monoisotopic (exact) mass is 470 g/mol. The smallest absolute Gasteiger partial charge is 0.206 e. The van der Waals surface area contributed by atoms with Crippen LogP contribution in [0.15, 0.2) is 107 Å². The Morgan fingerprint density at radius 1 is 0.516 bits per heavy atom. The third-order valence-corrected chi connectivity index (χ3v) is 6.81. The first-order valence-corrected chi connectivity index (χ1v) is 11.5. The number of rotatable bonds is 6. The molecule has 0 fully saturated rings. The van der Waals surface area contributed by atoms with Crippen molar-refractivity contribution in [2.45, 2.75) is 9.79 Å². The van der Waals surface area contributed by atoms with Crippen molar-refractivity contribution in [2.75, 3.05) is 0 Å². The fraction of sp³-hybridized carbons (Fsp3) is 0. The lowest BCUT2D eigenvalue weighted by molar-refractivity contribution is 0.482. The van der Waals surface area contributed by atoms with Crippen LogP contribution >= 0.6 is 23.2 Å². The molecule has 0 atom stereocenters. The Bertz CT molecular complexity index is 1210. The Kier molecular flexibility index (Phi) is 6.18. The van der Waals surface area contributed by atoms with Gasteiger partial charge in [0, 0.05) is 0 Å². The number of hydrogen-bond donors (Lipinski definition) is 0. The van der Waals surface area contributed by atoms with Crippen LogP contribution in [0.25, 0.3) is 0 Å². The van der Waals surface area contributed by atoms with Crippen LogP contribution < -0.4 is 9.47 Å². The van der Waals surface area contributed by atoms with Gasteiger partial charge in [-0.2, -0.15) is 0 Å². The van der Waals surface area contributed by atoms with E-state index in [4.69, 9.17) is 32.7 Å². The van der Waals surface area contributed by atoms with Crippen molar-refractivity contribution in [1.29, 1.82) is 0 Å². The zero-order valence-electron chi connectivity index (χ0n) is 16.0. The highest BCUT2D eigenvalue weighted by molar-refractivity contribution is 7.91. The van der Waals surface area contributed by atoms with Crippen LogP contribution in [0.2, 0.25) is 10.0 Å². The SMILES string of the molecule is O=S(=O)(c1ccc(Oc2ccccc2Cl)cc1)c1ccc(Oc2ccccc2Cl)cc1. The molecule has 0 radical (unpaired) electrons. The Morgan fingerprint density at radius 2 is 0.871 bits per heavy atom. The molecule has 0 unspecified atom stereocenters. The number of para-hydroxylation sites is 2. The zero-order chi connectivity index (χ0) is 21.8. The van der Waals surface area contributed by atoms with Crippen molar-refractivity contribution in [2.24, 2.45) is 0 Å². The fourth-order valence-electron chi connectivity index (χ4n) is 2.82. The van der Waals surface area contributed by atoms with Crippen molar-refractivity contribution in [3.8, 4) is 23.0 Å². The minimum absolute atomic E-state index is 0.152. The Labute approximate surface area is 190 Å². The summed E-state index contributed by atoms with van der Waals surface area (Å²) in [6.07, 6.45) is 0. The van der Waals surface area contributed by atoms with Crippen LogP contribution in [-0.4, -0.2) is 8.42 Å². The lowest BCUT2D eigenvalue weighted by Gasteiger charge is -2.10. The Hall–Kier alpha value is -2.99. The van der Waals surface area contributed by atoms with E-state index in [1.807, 2.05) is 0 Å². The van der Waals surface area contributed by atoms with Gasteiger partial charge in [0.2, 0.25) is 9.84 Å². The van der Waals surface area contributed by atoms with Crippen molar-refractivity contribution in [3.63, 3.8) is 0 Å². The third-order valence-electron chi connectivity index (χ3n) is 4.40. The Balaban J connectivity index is 1.51. The molecule has 4 aromatic rings. The van der Waals surface area contributed by atoms with Crippen LogP contribution in [0.5, 0.6) is 23.0 Å². The molecule has 4 aromatic carbocycles. The molecule has 7 heteroatoms. The van der Waals surface area contributed by atoms with Crippen molar-refractivity contribution in [1.82, 2.24) is 0 Å². The van der Waals surface area contributed by atoms with Crippen LogP contribution in [-0.2, 0) is 9.84 Å². The summed E-state index contributed by atoms with van der Waals surface area (Å²) >= 11 is 12.2. The van der Waals surface area contributed by atoms with Gasteiger partial charge in [-0.3, -0.25) is 0 Å². The summed E-state index contributed by atoms with van der Waals surface area (Å²) in [7, 11) is -3.70. The van der Waals surface area contributed by atoms with Crippen molar-refractivity contribution in [3.05, 3.63) is 107 Å². The predicted molar refractivity (Wildman–Crippen MR) is 121 cm³/mol. The highest BCUT2D eigenvalue weighted by Gasteiger charge is 2.18. The summed E-state index contributed by atoms with van der Waals surface area (Å²) in [4.78, 5) is 0.303. The largest absolute Gasteiger partial charge is 0.456 e. The van der Waals surface area contributed by atoms with E-state index >= 15 is 0 Å². The van der Waals surface area contributed by atoms with E-state index in [1.54, 1.807) is 72.8 Å². The van der Waals surface area contributed by atoms with Crippen LogP contribution in [0.1, 0.15) is 0 Å². The summed E-state index contributed by atoms with van der Waals surface area (Å²) in [6, 6.07) is 26.5. The molecule has 31 heavy (non-hydrogen) atoms. The van der Waals surface area contributed by atoms with Gasteiger partial charge in [0.1, 0.15) is 23.0 Å². The molecule has 0 saturated heterocycles. The summed E-state index contributed by atoms with van der Waals surface area (Å²) < 4.78 is 37.3. The molecule has 0 saturated carbocycles. The number of benzene rings is 4. The average Bonchev–Trinajstić information content (AvgIpc) is 2.78. The van der Waals surface area contributed by atoms with Crippen molar-refractivity contribution < 1.29 is 17.9 Å². The topological polar surface area (TPSA) is 52.6 Å².